The SMILES string of the molecule is O=C1N=C(N2CCN(c3cccc(C(F)(F)F)c3)CC2)SC1=Cc1ccccc1Cl. The van der Waals surface area contributed by atoms with E-state index in [1.54, 1.807) is 18.2 Å². The third-order valence-electron chi connectivity index (χ3n) is 4.89. The smallest absolute Gasteiger partial charge is 0.368 e. The number of hydrogen-bond donors (Lipinski definition) is 0. The van der Waals surface area contributed by atoms with Crippen molar-refractivity contribution in [1.82, 2.24) is 4.90 Å². The van der Waals surface area contributed by atoms with Crippen LogP contribution in [0.2, 0.25) is 5.02 Å². The van der Waals surface area contributed by atoms with Crippen molar-refractivity contribution in [1.29, 1.82) is 0 Å². The van der Waals surface area contributed by atoms with E-state index in [0.717, 1.165) is 11.6 Å². The number of carbonyl (C=O) groups excluding carboxylic acids is 1. The topological polar surface area (TPSA) is 35.9 Å². The standard InChI is InChI=1S/C21H17ClF3N3OS/c22-17-7-2-1-4-14(17)12-18-19(29)26-20(30-18)28-10-8-27(9-11-28)16-6-3-5-15(13-16)21(23,24)25/h1-7,12-13H,8-11H2. The zero-order chi connectivity index (χ0) is 21.3. The van der Waals surface area contributed by atoms with Gasteiger partial charge in [0, 0.05) is 36.9 Å². The minimum atomic E-state index is -4.36. The van der Waals surface area contributed by atoms with Crippen LogP contribution in [0.4, 0.5) is 18.9 Å². The molecule has 0 spiro atoms. The molecule has 1 amide bonds. The van der Waals surface area contributed by atoms with Gasteiger partial charge in [0.1, 0.15) is 0 Å². The maximum atomic E-state index is 13.0. The van der Waals surface area contributed by atoms with Gasteiger partial charge >= 0.3 is 6.18 Å². The van der Waals surface area contributed by atoms with E-state index in [-0.39, 0.29) is 5.91 Å². The second-order valence-corrected chi connectivity index (χ2v) is 8.27. The van der Waals surface area contributed by atoms with Crippen LogP contribution in [0.25, 0.3) is 6.08 Å². The summed E-state index contributed by atoms with van der Waals surface area (Å²) in [6, 6.07) is 12.6. The van der Waals surface area contributed by atoms with Gasteiger partial charge in [-0.1, -0.05) is 35.9 Å². The van der Waals surface area contributed by atoms with Crippen molar-refractivity contribution in [3.05, 3.63) is 69.6 Å². The summed E-state index contributed by atoms with van der Waals surface area (Å²) in [5, 5.41) is 1.17. The van der Waals surface area contributed by atoms with Crippen LogP contribution in [-0.4, -0.2) is 42.2 Å². The first-order valence-electron chi connectivity index (χ1n) is 9.25. The van der Waals surface area contributed by atoms with Crippen LogP contribution in [0, 0.1) is 0 Å². The molecule has 2 aliphatic heterocycles. The monoisotopic (exact) mass is 451 g/mol. The number of carbonyl (C=O) groups is 1. The average molecular weight is 452 g/mol. The summed E-state index contributed by atoms with van der Waals surface area (Å²) in [6.45, 7) is 2.21. The fourth-order valence-corrected chi connectivity index (χ4v) is 4.45. The molecule has 0 N–H and O–H groups in total. The highest BCUT2D eigenvalue weighted by Gasteiger charge is 2.32. The summed E-state index contributed by atoms with van der Waals surface area (Å²) < 4.78 is 38.9. The highest BCUT2D eigenvalue weighted by atomic mass is 35.5. The number of hydrogen-bond acceptors (Lipinski definition) is 4. The van der Waals surface area contributed by atoms with E-state index in [1.807, 2.05) is 28.0 Å². The van der Waals surface area contributed by atoms with Crippen molar-refractivity contribution >= 4 is 46.2 Å². The van der Waals surface area contributed by atoms with Crippen LogP contribution >= 0.6 is 23.4 Å². The number of aliphatic imine (C=N–C) groups is 1. The van der Waals surface area contributed by atoms with Gasteiger partial charge in [-0.25, -0.2) is 0 Å². The summed E-state index contributed by atoms with van der Waals surface area (Å²) >= 11 is 7.45. The number of thioether (sulfide) groups is 1. The fraction of sp³-hybridized carbons (Fsp3) is 0.238. The van der Waals surface area contributed by atoms with Gasteiger partial charge in [-0.15, -0.1) is 0 Å². The molecule has 30 heavy (non-hydrogen) atoms. The van der Waals surface area contributed by atoms with Gasteiger partial charge in [-0.3, -0.25) is 4.79 Å². The zero-order valence-electron chi connectivity index (χ0n) is 15.7. The van der Waals surface area contributed by atoms with Crippen LogP contribution in [0.3, 0.4) is 0 Å². The minimum absolute atomic E-state index is 0.310. The van der Waals surface area contributed by atoms with Crippen molar-refractivity contribution in [2.24, 2.45) is 4.99 Å². The molecule has 0 unspecified atom stereocenters. The number of amides is 1. The summed E-state index contributed by atoms with van der Waals surface area (Å²) in [5.74, 6) is -0.310. The first-order valence-corrected chi connectivity index (χ1v) is 10.4. The third kappa shape index (κ3) is 4.49. The molecule has 2 aliphatic rings. The first kappa shape index (κ1) is 20.8. The van der Waals surface area contributed by atoms with Gasteiger partial charge in [-0.05, 0) is 47.7 Å². The lowest BCUT2D eigenvalue weighted by atomic mass is 10.1. The summed E-state index contributed by atoms with van der Waals surface area (Å²) in [4.78, 5) is 20.8. The number of alkyl halides is 3. The number of nitrogens with zero attached hydrogens (tertiary/aromatic N) is 3. The largest absolute Gasteiger partial charge is 0.416 e. The Labute approximate surface area is 181 Å². The Kier molecular flexibility index (Phi) is 5.79. The normalized spacial score (nSPS) is 18.9. The first-order chi connectivity index (χ1) is 14.3. The van der Waals surface area contributed by atoms with Crippen molar-refractivity contribution in [3.63, 3.8) is 0 Å². The number of rotatable bonds is 2. The van der Waals surface area contributed by atoms with E-state index in [4.69, 9.17) is 11.6 Å². The molecule has 2 aromatic rings. The Morgan fingerprint density at radius 3 is 2.40 bits per heavy atom. The van der Waals surface area contributed by atoms with E-state index < -0.39 is 11.7 Å². The molecule has 0 aliphatic carbocycles. The molecule has 0 radical (unpaired) electrons. The molecule has 1 fully saturated rings. The molecule has 0 saturated carbocycles. The minimum Gasteiger partial charge on any atom is -0.368 e. The second kappa shape index (κ2) is 8.35. The van der Waals surface area contributed by atoms with Crippen molar-refractivity contribution in [2.75, 3.05) is 31.1 Å². The molecular weight excluding hydrogens is 435 g/mol. The Morgan fingerprint density at radius 1 is 1.00 bits per heavy atom. The highest BCUT2D eigenvalue weighted by Crippen LogP contribution is 2.34. The summed E-state index contributed by atoms with van der Waals surface area (Å²) in [6.07, 6.45) is -2.64. The third-order valence-corrected chi connectivity index (χ3v) is 6.28. The van der Waals surface area contributed by atoms with Gasteiger partial charge in [0.05, 0.1) is 10.5 Å². The second-order valence-electron chi connectivity index (χ2n) is 6.85. The lowest BCUT2D eigenvalue weighted by Crippen LogP contribution is -2.47. The number of anilines is 1. The lowest BCUT2D eigenvalue weighted by Gasteiger charge is -2.36. The van der Waals surface area contributed by atoms with Crippen LogP contribution < -0.4 is 4.90 Å². The molecule has 156 valence electrons. The number of halogens is 4. The zero-order valence-corrected chi connectivity index (χ0v) is 17.3. The molecular formula is C21H17ClF3N3OS. The molecule has 2 aromatic carbocycles. The Bertz CT molecular complexity index is 1030. The van der Waals surface area contributed by atoms with E-state index in [2.05, 4.69) is 4.99 Å². The average Bonchev–Trinajstić information content (AvgIpc) is 3.10. The van der Waals surface area contributed by atoms with Gasteiger partial charge < -0.3 is 9.80 Å². The van der Waals surface area contributed by atoms with Crippen LogP contribution in [0.1, 0.15) is 11.1 Å². The number of piperazine rings is 1. The van der Waals surface area contributed by atoms with Crippen LogP contribution in [-0.2, 0) is 11.0 Å². The summed E-state index contributed by atoms with van der Waals surface area (Å²) in [7, 11) is 0. The summed E-state index contributed by atoms with van der Waals surface area (Å²) in [5.41, 5.74) is 0.639. The molecule has 1 saturated heterocycles. The molecule has 4 rings (SSSR count). The lowest BCUT2D eigenvalue weighted by molar-refractivity contribution is -0.137. The quantitative estimate of drug-likeness (QED) is 0.591. The van der Waals surface area contributed by atoms with E-state index >= 15 is 0 Å². The van der Waals surface area contributed by atoms with Crippen molar-refractivity contribution in [2.45, 2.75) is 6.18 Å². The molecule has 0 bridgehead atoms. The Hall–Kier alpha value is -2.45. The van der Waals surface area contributed by atoms with Crippen LogP contribution in [0.15, 0.2) is 58.4 Å². The van der Waals surface area contributed by atoms with Crippen LogP contribution in [0.5, 0.6) is 0 Å². The Balaban J connectivity index is 1.41. The highest BCUT2D eigenvalue weighted by molar-refractivity contribution is 8.18. The van der Waals surface area contributed by atoms with E-state index in [0.29, 0.717) is 47.0 Å². The van der Waals surface area contributed by atoms with E-state index in [1.165, 1.54) is 23.9 Å². The Morgan fingerprint density at radius 2 is 1.70 bits per heavy atom. The predicted molar refractivity (Wildman–Crippen MR) is 115 cm³/mol. The maximum absolute atomic E-state index is 13.0. The van der Waals surface area contributed by atoms with Crippen molar-refractivity contribution < 1.29 is 18.0 Å². The van der Waals surface area contributed by atoms with Gasteiger partial charge in [0.15, 0.2) is 5.17 Å². The number of benzene rings is 2. The predicted octanol–water partition coefficient (Wildman–Crippen LogP) is 5.15. The maximum Gasteiger partial charge on any atom is 0.416 e. The molecule has 9 heteroatoms. The molecule has 0 aromatic heterocycles. The van der Waals surface area contributed by atoms with Gasteiger partial charge in [0.2, 0.25) is 0 Å². The molecule has 2 heterocycles. The number of amidine groups is 1. The van der Waals surface area contributed by atoms with Crippen molar-refractivity contribution in [3.8, 4) is 0 Å². The fourth-order valence-electron chi connectivity index (χ4n) is 3.30. The molecule has 4 nitrogen and oxygen atoms in total. The van der Waals surface area contributed by atoms with E-state index in [9.17, 15) is 18.0 Å². The van der Waals surface area contributed by atoms with Gasteiger partial charge in [-0.2, -0.15) is 18.2 Å². The molecule has 0 atom stereocenters. The van der Waals surface area contributed by atoms with Gasteiger partial charge in [0.25, 0.3) is 5.91 Å².